The molecule has 2 aromatic carbocycles. The van der Waals surface area contributed by atoms with Crippen LogP contribution in [-0.4, -0.2) is 52.8 Å². The van der Waals surface area contributed by atoms with Crippen molar-refractivity contribution in [2.45, 2.75) is 64.1 Å². The molecular weight excluding hydrogens is 416 g/mol. The quantitative estimate of drug-likeness (QED) is 0.592. The second kappa shape index (κ2) is 8.75. The molecule has 2 fully saturated rings. The van der Waals surface area contributed by atoms with Crippen molar-refractivity contribution in [2.24, 2.45) is 0 Å². The lowest BCUT2D eigenvalue weighted by molar-refractivity contribution is 0.0475. The number of fused-ring (bicyclic) bond motifs is 1. The summed E-state index contributed by atoms with van der Waals surface area (Å²) in [6.07, 6.45) is 3.69. The van der Waals surface area contributed by atoms with E-state index >= 15 is 0 Å². The van der Waals surface area contributed by atoms with Crippen molar-refractivity contribution < 1.29 is 19.1 Å². The van der Waals surface area contributed by atoms with Gasteiger partial charge in [0.15, 0.2) is 0 Å². The summed E-state index contributed by atoms with van der Waals surface area (Å²) in [5.41, 5.74) is 3.52. The number of carbonyl (C=O) groups excluding carboxylic acids is 3. The monoisotopic (exact) mass is 446 g/mol. The van der Waals surface area contributed by atoms with Crippen LogP contribution >= 0.6 is 0 Å². The highest BCUT2D eigenvalue weighted by Crippen LogP contribution is 2.32. The average Bonchev–Trinajstić information content (AvgIpc) is 3.48. The number of nitrogens with zero attached hydrogens (tertiary/aromatic N) is 2. The molecule has 0 spiro atoms. The highest BCUT2D eigenvalue weighted by molar-refractivity contribution is 6.22. The molecule has 0 radical (unpaired) electrons. The van der Waals surface area contributed by atoms with Gasteiger partial charge < -0.3 is 9.64 Å². The summed E-state index contributed by atoms with van der Waals surface area (Å²) in [7, 11) is 0. The van der Waals surface area contributed by atoms with E-state index in [4.69, 9.17) is 4.74 Å². The Labute approximate surface area is 194 Å². The van der Waals surface area contributed by atoms with Gasteiger partial charge in [-0.25, -0.2) is 0 Å². The number of benzene rings is 2. The molecule has 1 saturated heterocycles. The minimum atomic E-state index is -0.331. The van der Waals surface area contributed by atoms with E-state index in [0.717, 1.165) is 31.2 Å². The number of carbonyl (C=O) groups is 3. The minimum absolute atomic E-state index is 0.0916. The van der Waals surface area contributed by atoms with Gasteiger partial charge in [-0.2, -0.15) is 0 Å². The molecule has 1 atom stereocenters. The van der Waals surface area contributed by atoms with Gasteiger partial charge in [0.05, 0.1) is 23.8 Å². The third-order valence-corrected chi connectivity index (χ3v) is 6.88. The molecule has 0 aromatic heterocycles. The molecule has 1 unspecified atom stereocenters. The summed E-state index contributed by atoms with van der Waals surface area (Å²) in [6.45, 7) is 5.81. The molecule has 172 valence electrons. The summed E-state index contributed by atoms with van der Waals surface area (Å²) < 4.78 is 5.61. The number of hydrogen-bond acceptors (Lipinski definition) is 4. The summed E-state index contributed by atoms with van der Waals surface area (Å²) >= 11 is 0. The molecule has 6 nitrogen and oxygen atoms in total. The van der Waals surface area contributed by atoms with Crippen molar-refractivity contribution in [3.05, 3.63) is 70.3 Å². The van der Waals surface area contributed by atoms with Gasteiger partial charge >= 0.3 is 0 Å². The second-order valence-corrected chi connectivity index (χ2v) is 9.68. The zero-order valence-electron chi connectivity index (χ0n) is 19.3. The molecule has 3 aliphatic rings. The van der Waals surface area contributed by atoms with Gasteiger partial charge in [-0.3, -0.25) is 19.3 Å². The van der Waals surface area contributed by atoms with Crippen molar-refractivity contribution in [1.29, 1.82) is 0 Å². The number of rotatable bonds is 7. The Morgan fingerprint density at radius 1 is 1.03 bits per heavy atom. The van der Waals surface area contributed by atoms with Crippen LogP contribution in [0.4, 0.5) is 0 Å². The van der Waals surface area contributed by atoms with Crippen LogP contribution in [-0.2, 0) is 11.3 Å². The number of hydrogen-bond donors (Lipinski definition) is 0. The van der Waals surface area contributed by atoms with Crippen LogP contribution in [0.5, 0.6) is 0 Å². The van der Waals surface area contributed by atoms with E-state index in [1.165, 1.54) is 10.5 Å². The third kappa shape index (κ3) is 4.32. The molecule has 1 aliphatic carbocycles. The van der Waals surface area contributed by atoms with Gasteiger partial charge in [-0.1, -0.05) is 38.1 Å². The van der Waals surface area contributed by atoms with E-state index in [2.05, 4.69) is 38.1 Å². The zero-order chi connectivity index (χ0) is 23.1. The first-order valence-corrected chi connectivity index (χ1v) is 11.9. The van der Waals surface area contributed by atoms with E-state index in [0.29, 0.717) is 35.8 Å². The Balaban J connectivity index is 1.35. The van der Waals surface area contributed by atoms with Gasteiger partial charge in [-0.15, -0.1) is 0 Å². The van der Waals surface area contributed by atoms with Crippen molar-refractivity contribution in [3.63, 3.8) is 0 Å². The molecule has 2 aromatic rings. The van der Waals surface area contributed by atoms with Crippen LogP contribution in [0.1, 0.15) is 87.6 Å². The average molecular weight is 447 g/mol. The molecule has 0 bridgehead atoms. The molecule has 2 aliphatic heterocycles. The first-order valence-electron chi connectivity index (χ1n) is 11.9. The molecule has 6 heteroatoms. The summed E-state index contributed by atoms with van der Waals surface area (Å²) in [5.74, 6) is -0.256. The standard InChI is InChI=1S/C27H30N2O4/c1-17(2)19-7-5-18(6-8-19)15-28(21-10-11-21)25(30)20-9-12-23-24(14-20)27(32)29(26(23)31)16-22-4-3-13-33-22/h5-9,12,14,17,21-22H,3-4,10-11,13,15-16H2,1-2H3. The third-order valence-electron chi connectivity index (χ3n) is 6.88. The van der Waals surface area contributed by atoms with Crippen molar-refractivity contribution in [3.8, 4) is 0 Å². The second-order valence-electron chi connectivity index (χ2n) is 9.68. The van der Waals surface area contributed by atoms with Crippen LogP contribution in [0.3, 0.4) is 0 Å². The fourth-order valence-electron chi connectivity index (χ4n) is 4.70. The Kier molecular flexibility index (Phi) is 5.79. The molecule has 1 saturated carbocycles. The minimum Gasteiger partial charge on any atom is -0.376 e. The summed E-state index contributed by atoms with van der Waals surface area (Å²) in [4.78, 5) is 42.4. The zero-order valence-corrected chi connectivity index (χ0v) is 19.3. The Hall–Kier alpha value is -2.99. The fraction of sp³-hybridized carbons (Fsp3) is 0.444. The largest absolute Gasteiger partial charge is 0.376 e. The Bertz CT molecular complexity index is 1080. The topological polar surface area (TPSA) is 66.9 Å². The first-order chi connectivity index (χ1) is 15.9. The maximum absolute atomic E-state index is 13.5. The van der Waals surface area contributed by atoms with E-state index < -0.39 is 0 Å². The molecular formula is C27H30N2O4. The van der Waals surface area contributed by atoms with E-state index in [1.807, 2.05) is 4.90 Å². The van der Waals surface area contributed by atoms with E-state index in [1.54, 1.807) is 18.2 Å². The number of ether oxygens (including phenoxy) is 1. The van der Waals surface area contributed by atoms with Gasteiger partial charge in [0.1, 0.15) is 0 Å². The molecule has 33 heavy (non-hydrogen) atoms. The maximum atomic E-state index is 13.5. The van der Waals surface area contributed by atoms with Gasteiger partial charge in [-0.05, 0) is 60.9 Å². The lowest BCUT2D eigenvalue weighted by Crippen LogP contribution is -2.36. The lowest BCUT2D eigenvalue weighted by atomic mass is 10.0. The maximum Gasteiger partial charge on any atom is 0.261 e. The lowest BCUT2D eigenvalue weighted by Gasteiger charge is -2.23. The predicted molar refractivity (Wildman–Crippen MR) is 124 cm³/mol. The SMILES string of the molecule is CC(C)c1ccc(CN(C(=O)c2ccc3c(c2)C(=O)N(CC2CCCO2)C3=O)C2CC2)cc1. The van der Waals surface area contributed by atoms with Crippen molar-refractivity contribution >= 4 is 17.7 Å². The fourth-order valence-corrected chi connectivity index (χ4v) is 4.70. The molecule has 3 amide bonds. The number of amides is 3. The van der Waals surface area contributed by atoms with E-state index in [-0.39, 0.29) is 36.4 Å². The van der Waals surface area contributed by atoms with Gasteiger partial charge in [0.2, 0.25) is 0 Å². The van der Waals surface area contributed by atoms with Gasteiger partial charge in [0.25, 0.3) is 17.7 Å². The Morgan fingerprint density at radius 3 is 2.39 bits per heavy atom. The smallest absolute Gasteiger partial charge is 0.261 e. The summed E-state index contributed by atoms with van der Waals surface area (Å²) in [5, 5.41) is 0. The van der Waals surface area contributed by atoms with Crippen LogP contribution in [0.2, 0.25) is 0 Å². The highest BCUT2D eigenvalue weighted by atomic mass is 16.5. The van der Waals surface area contributed by atoms with Crippen molar-refractivity contribution in [2.75, 3.05) is 13.2 Å². The predicted octanol–water partition coefficient (Wildman–Crippen LogP) is 4.39. The molecule has 5 rings (SSSR count). The summed E-state index contributed by atoms with van der Waals surface area (Å²) in [6, 6.07) is 13.6. The molecule has 0 N–H and O–H groups in total. The first kappa shape index (κ1) is 21.8. The molecule has 2 heterocycles. The van der Waals surface area contributed by atoms with Gasteiger partial charge in [0, 0.05) is 24.8 Å². The van der Waals surface area contributed by atoms with Crippen molar-refractivity contribution in [1.82, 2.24) is 9.80 Å². The normalized spacial score (nSPS) is 20.0. The van der Waals surface area contributed by atoms with Crippen LogP contribution in [0.15, 0.2) is 42.5 Å². The Morgan fingerprint density at radius 2 is 1.76 bits per heavy atom. The van der Waals surface area contributed by atoms with E-state index in [9.17, 15) is 14.4 Å². The number of imide groups is 1. The van der Waals surface area contributed by atoms with Crippen LogP contribution in [0, 0.1) is 0 Å². The highest BCUT2D eigenvalue weighted by Gasteiger charge is 2.39. The van der Waals surface area contributed by atoms with Crippen LogP contribution in [0.25, 0.3) is 0 Å². The van der Waals surface area contributed by atoms with Crippen LogP contribution < -0.4 is 0 Å².